The first-order chi connectivity index (χ1) is 11.1. The Morgan fingerprint density at radius 3 is 2.65 bits per heavy atom. The minimum atomic E-state index is -1.36. The lowest BCUT2D eigenvalue weighted by Crippen LogP contribution is -2.52. The minimum Gasteiger partial charge on any atom is -0.382 e. The first-order valence-electron chi connectivity index (χ1n) is 7.64. The summed E-state index contributed by atoms with van der Waals surface area (Å²) in [6.07, 6.45) is -0.427. The van der Waals surface area contributed by atoms with Gasteiger partial charge in [0.1, 0.15) is 17.5 Å². The van der Waals surface area contributed by atoms with Gasteiger partial charge in [0.15, 0.2) is 0 Å². The lowest BCUT2D eigenvalue weighted by molar-refractivity contribution is -0.124. The molecule has 0 spiro atoms. The zero-order valence-corrected chi connectivity index (χ0v) is 13.4. The zero-order valence-electron chi connectivity index (χ0n) is 12.6. The van der Waals surface area contributed by atoms with Crippen molar-refractivity contribution in [2.75, 3.05) is 19.7 Å². The SMILES string of the molecule is O[C@](Cc1c(F)cccc1Cl)(c1ccccc1)[C@@H]1CNCCO1. The van der Waals surface area contributed by atoms with Crippen LogP contribution in [0.25, 0.3) is 0 Å². The number of aliphatic hydroxyl groups is 1. The maximum Gasteiger partial charge on any atom is 0.128 e. The van der Waals surface area contributed by atoms with E-state index in [1.807, 2.05) is 30.3 Å². The number of halogens is 2. The largest absolute Gasteiger partial charge is 0.382 e. The molecule has 2 aromatic rings. The Kier molecular flexibility index (Phi) is 4.97. The molecule has 1 heterocycles. The molecule has 0 aliphatic carbocycles. The van der Waals surface area contributed by atoms with Crippen molar-refractivity contribution >= 4 is 11.6 Å². The Labute approximate surface area is 140 Å². The van der Waals surface area contributed by atoms with E-state index in [2.05, 4.69) is 5.32 Å². The fraction of sp³-hybridized carbons (Fsp3) is 0.333. The van der Waals surface area contributed by atoms with E-state index < -0.39 is 17.5 Å². The average molecular weight is 336 g/mol. The molecule has 2 aromatic carbocycles. The summed E-state index contributed by atoms with van der Waals surface area (Å²) in [7, 11) is 0. The Bertz CT molecular complexity index is 641. The van der Waals surface area contributed by atoms with Gasteiger partial charge in [-0.3, -0.25) is 0 Å². The van der Waals surface area contributed by atoms with Crippen molar-refractivity contribution in [3.63, 3.8) is 0 Å². The predicted molar refractivity (Wildman–Crippen MR) is 88.1 cm³/mol. The van der Waals surface area contributed by atoms with Crippen molar-refractivity contribution in [2.24, 2.45) is 0 Å². The molecule has 0 saturated carbocycles. The van der Waals surface area contributed by atoms with E-state index >= 15 is 0 Å². The molecule has 3 rings (SSSR count). The molecule has 0 aromatic heterocycles. The smallest absolute Gasteiger partial charge is 0.128 e. The lowest BCUT2D eigenvalue weighted by Gasteiger charge is -2.39. The van der Waals surface area contributed by atoms with Crippen LogP contribution >= 0.6 is 11.6 Å². The summed E-state index contributed by atoms with van der Waals surface area (Å²) in [6, 6.07) is 13.8. The van der Waals surface area contributed by atoms with Crippen molar-refractivity contribution in [2.45, 2.75) is 18.1 Å². The Balaban J connectivity index is 2.01. The van der Waals surface area contributed by atoms with E-state index in [0.29, 0.717) is 29.3 Å². The number of morpholine rings is 1. The van der Waals surface area contributed by atoms with Gasteiger partial charge >= 0.3 is 0 Å². The van der Waals surface area contributed by atoms with Gasteiger partial charge in [0.05, 0.1) is 6.61 Å². The third-order valence-electron chi connectivity index (χ3n) is 4.24. The van der Waals surface area contributed by atoms with E-state index in [0.717, 1.165) is 6.54 Å². The number of nitrogens with one attached hydrogen (secondary N) is 1. The van der Waals surface area contributed by atoms with Gasteiger partial charge in [-0.05, 0) is 17.7 Å². The van der Waals surface area contributed by atoms with E-state index in [9.17, 15) is 9.50 Å². The summed E-state index contributed by atoms with van der Waals surface area (Å²) in [6.45, 7) is 1.74. The summed E-state index contributed by atoms with van der Waals surface area (Å²) in [4.78, 5) is 0. The Morgan fingerprint density at radius 2 is 2.00 bits per heavy atom. The molecule has 0 unspecified atom stereocenters. The maximum atomic E-state index is 14.2. The van der Waals surface area contributed by atoms with Gasteiger partial charge < -0.3 is 15.2 Å². The normalized spacial score (nSPS) is 20.9. The molecule has 23 heavy (non-hydrogen) atoms. The number of benzene rings is 2. The first-order valence-corrected chi connectivity index (χ1v) is 8.02. The van der Waals surface area contributed by atoms with Gasteiger partial charge in [-0.2, -0.15) is 0 Å². The highest BCUT2D eigenvalue weighted by Gasteiger charge is 2.41. The molecule has 2 atom stereocenters. The molecule has 0 radical (unpaired) electrons. The Hall–Kier alpha value is -1.46. The van der Waals surface area contributed by atoms with Crippen LogP contribution in [0.5, 0.6) is 0 Å². The second kappa shape index (κ2) is 6.97. The molecule has 0 bridgehead atoms. The molecule has 1 aliphatic heterocycles. The number of hydrogen-bond acceptors (Lipinski definition) is 3. The standard InChI is InChI=1S/C18H19ClFNO2/c19-15-7-4-8-16(20)14(15)11-18(22,13-5-2-1-3-6-13)17-12-21-9-10-23-17/h1-8,17,21-22H,9-12H2/t17-,18+/m0/s1. The molecule has 0 amide bonds. The van der Waals surface area contributed by atoms with E-state index in [1.165, 1.54) is 6.07 Å². The topological polar surface area (TPSA) is 41.5 Å². The number of hydrogen-bond donors (Lipinski definition) is 2. The van der Waals surface area contributed by atoms with Crippen LogP contribution < -0.4 is 5.32 Å². The summed E-state index contributed by atoms with van der Waals surface area (Å²) < 4.78 is 20.0. The molecule has 1 saturated heterocycles. The second-order valence-electron chi connectivity index (χ2n) is 5.73. The fourth-order valence-corrected chi connectivity index (χ4v) is 3.20. The lowest BCUT2D eigenvalue weighted by atomic mass is 9.82. The highest BCUT2D eigenvalue weighted by Crippen LogP contribution is 2.34. The third kappa shape index (κ3) is 3.40. The van der Waals surface area contributed by atoms with E-state index in [1.54, 1.807) is 12.1 Å². The van der Waals surface area contributed by atoms with Crippen LogP contribution in [0.3, 0.4) is 0 Å². The molecule has 1 fully saturated rings. The van der Waals surface area contributed by atoms with Crippen LogP contribution in [0.1, 0.15) is 11.1 Å². The van der Waals surface area contributed by atoms with E-state index in [-0.39, 0.29) is 6.42 Å². The van der Waals surface area contributed by atoms with Gasteiger partial charge in [0, 0.05) is 30.1 Å². The Morgan fingerprint density at radius 1 is 1.22 bits per heavy atom. The van der Waals surface area contributed by atoms with Crippen molar-refractivity contribution in [1.29, 1.82) is 0 Å². The van der Waals surface area contributed by atoms with Crippen LogP contribution in [-0.2, 0) is 16.8 Å². The quantitative estimate of drug-likeness (QED) is 0.902. The molecular weight excluding hydrogens is 317 g/mol. The molecule has 3 nitrogen and oxygen atoms in total. The van der Waals surface area contributed by atoms with E-state index in [4.69, 9.17) is 16.3 Å². The van der Waals surface area contributed by atoms with Crippen molar-refractivity contribution in [1.82, 2.24) is 5.32 Å². The molecule has 2 N–H and O–H groups in total. The van der Waals surface area contributed by atoms with Gasteiger partial charge in [-0.1, -0.05) is 48.0 Å². The molecule has 5 heteroatoms. The monoisotopic (exact) mass is 335 g/mol. The molecule has 1 aliphatic rings. The van der Waals surface area contributed by atoms with Crippen LogP contribution in [0.15, 0.2) is 48.5 Å². The molecule has 122 valence electrons. The summed E-state index contributed by atoms with van der Waals surface area (Å²) in [5, 5.41) is 14.9. The average Bonchev–Trinajstić information content (AvgIpc) is 2.60. The molecular formula is C18H19ClFNO2. The van der Waals surface area contributed by atoms with Gasteiger partial charge in [-0.25, -0.2) is 4.39 Å². The highest BCUT2D eigenvalue weighted by atomic mass is 35.5. The van der Waals surface area contributed by atoms with Crippen LogP contribution in [0, 0.1) is 5.82 Å². The maximum absolute atomic E-state index is 14.2. The van der Waals surface area contributed by atoms with Crippen LogP contribution in [0.4, 0.5) is 4.39 Å². The van der Waals surface area contributed by atoms with Gasteiger partial charge in [0.2, 0.25) is 0 Å². The highest BCUT2D eigenvalue weighted by molar-refractivity contribution is 6.31. The fourth-order valence-electron chi connectivity index (χ4n) is 2.97. The summed E-state index contributed by atoms with van der Waals surface area (Å²) in [5.41, 5.74) is -0.372. The van der Waals surface area contributed by atoms with Gasteiger partial charge in [0.25, 0.3) is 0 Å². The number of ether oxygens (including phenoxy) is 1. The van der Waals surface area contributed by atoms with Crippen molar-refractivity contribution in [3.8, 4) is 0 Å². The minimum absolute atomic E-state index is 0.0505. The van der Waals surface area contributed by atoms with Crippen molar-refractivity contribution < 1.29 is 14.2 Å². The van der Waals surface area contributed by atoms with Crippen molar-refractivity contribution in [3.05, 3.63) is 70.5 Å². The van der Waals surface area contributed by atoms with Gasteiger partial charge in [-0.15, -0.1) is 0 Å². The predicted octanol–water partition coefficient (Wildman–Crippen LogP) is 2.90. The van der Waals surface area contributed by atoms with Crippen LogP contribution in [-0.4, -0.2) is 30.9 Å². The summed E-state index contributed by atoms with van der Waals surface area (Å²) in [5.74, 6) is -0.421. The summed E-state index contributed by atoms with van der Waals surface area (Å²) >= 11 is 6.15. The first kappa shape index (κ1) is 16.4. The second-order valence-corrected chi connectivity index (χ2v) is 6.14. The third-order valence-corrected chi connectivity index (χ3v) is 4.60. The number of rotatable bonds is 4. The zero-order chi connectivity index (χ0) is 16.3. The van der Waals surface area contributed by atoms with Crippen LogP contribution in [0.2, 0.25) is 5.02 Å².